The molecule has 0 saturated heterocycles. The van der Waals surface area contributed by atoms with E-state index in [1.165, 1.54) is 0 Å². The fraction of sp³-hybridized carbons (Fsp3) is 0.250. The van der Waals surface area contributed by atoms with Crippen molar-refractivity contribution in [3.05, 3.63) is 42.5 Å². The Labute approximate surface area is 89.2 Å². The predicted octanol–water partition coefficient (Wildman–Crippen LogP) is 2.66. The summed E-state index contributed by atoms with van der Waals surface area (Å²) in [4.78, 5) is 13.0. The van der Waals surface area contributed by atoms with Crippen LogP contribution in [0.4, 0.5) is 0 Å². The summed E-state index contributed by atoms with van der Waals surface area (Å²) in [6.45, 7) is 4.22. The molecule has 0 amide bonds. The second-order valence-electron chi connectivity index (χ2n) is 3.66. The van der Waals surface area contributed by atoms with Crippen LogP contribution < -0.4 is 0 Å². The Morgan fingerprint density at radius 3 is 2.40 bits per heavy atom. The molecule has 3 heteroatoms. The van der Waals surface area contributed by atoms with Gasteiger partial charge in [-0.1, -0.05) is 19.9 Å². The second kappa shape index (κ2) is 4.17. The van der Waals surface area contributed by atoms with Crippen LogP contribution >= 0.6 is 0 Å². The summed E-state index contributed by atoms with van der Waals surface area (Å²) in [6, 6.07) is 5.81. The van der Waals surface area contributed by atoms with Crippen molar-refractivity contribution >= 4 is 0 Å². The molecule has 76 valence electrons. The third kappa shape index (κ3) is 2.01. The van der Waals surface area contributed by atoms with Gasteiger partial charge in [0.2, 0.25) is 0 Å². The van der Waals surface area contributed by atoms with Crippen molar-refractivity contribution in [3.8, 4) is 11.4 Å². The number of aromatic nitrogens is 3. The summed E-state index contributed by atoms with van der Waals surface area (Å²) in [6.07, 6.45) is 5.20. The number of nitrogens with zero attached hydrogens (tertiary/aromatic N) is 3. The summed E-state index contributed by atoms with van der Waals surface area (Å²) in [5.74, 6) is 0.357. The summed E-state index contributed by atoms with van der Waals surface area (Å²) in [7, 11) is 0. The van der Waals surface area contributed by atoms with E-state index < -0.39 is 0 Å². The molecule has 0 radical (unpaired) electrons. The van der Waals surface area contributed by atoms with Gasteiger partial charge in [0.15, 0.2) is 0 Å². The average molecular weight is 199 g/mol. The van der Waals surface area contributed by atoms with E-state index in [4.69, 9.17) is 0 Å². The van der Waals surface area contributed by atoms with Crippen LogP contribution in [0.15, 0.2) is 36.8 Å². The van der Waals surface area contributed by atoms with Crippen LogP contribution in [0.5, 0.6) is 0 Å². The molecule has 0 atom stereocenters. The second-order valence-corrected chi connectivity index (χ2v) is 3.66. The maximum absolute atomic E-state index is 4.35. The molecule has 0 N–H and O–H groups in total. The lowest BCUT2D eigenvalue weighted by molar-refractivity contribution is 0.814. The monoisotopic (exact) mass is 199 g/mol. The summed E-state index contributed by atoms with van der Waals surface area (Å²) in [5, 5.41) is 0. The topological polar surface area (TPSA) is 38.7 Å². The standard InChI is InChI=1S/C12H13N3/c1-9(2)11-12(15-8-7-14-11)10-5-3-4-6-13-10/h3-9H,1-2H3. The molecule has 0 unspecified atom stereocenters. The first kappa shape index (κ1) is 9.77. The lowest BCUT2D eigenvalue weighted by atomic mass is 10.1. The third-order valence-corrected chi connectivity index (χ3v) is 2.18. The van der Waals surface area contributed by atoms with E-state index in [2.05, 4.69) is 28.8 Å². The fourth-order valence-corrected chi connectivity index (χ4v) is 1.47. The lowest BCUT2D eigenvalue weighted by Crippen LogP contribution is -1.99. The lowest BCUT2D eigenvalue weighted by Gasteiger charge is -2.08. The van der Waals surface area contributed by atoms with E-state index in [1.807, 2.05) is 18.2 Å². The molecule has 0 aliphatic rings. The Bertz CT molecular complexity index is 438. The Morgan fingerprint density at radius 1 is 0.933 bits per heavy atom. The fourth-order valence-electron chi connectivity index (χ4n) is 1.47. The maximum atomic E-state index is 4.35. The highest BCUT2D eigenvalue weighted by atomic mass is 14.8. The first-order valence-corrected chi connectivity index (χ1v) is 5.01. The highest BCUT2D eigenvalue weighted by Gasteiger charge is 2.11. The zero-order valence-corrected chi connectivity index (χ0v) is 8.88. The minimum Gasteiger partial charge on any atom is -0.257 e. The highest BCUT2D eigenvalue weighted by Crippen LogP contribution is 2.22. The summed E-state index contributed by atoms with van der Waals surface area (Å²) < 4.78 is 0. The van der Waals surface area contributed by atoms with Gasteiger partial charge >= 0.3 is 0 Å². The highest BCUT2D eigenvalue weighted by molar-refractivity contribution is 5.56. The Morgan fingerprint density at radius 2 is 1.73 bits per heavy atom. The van der Waals surface area contributed by atoms with Crippen molar-refractivity contribution in [2.24, 2.45) is 0 Å². The van der Waals surface area contributed by atoms with Crippen LogP contribution in [0, 0.1) is 0 Å². The molecule has 2 rings (SSSR count). The molecular formula is C12H13N3. The molecule has 0 aliphatic heterocycles. The van der Waals surface area contributed by atoms with Gasteiger partial charge < -0.3 is 0 Å². The molecule has 0 aliphatic carbocycles. The van der Waals surface area contributed by atoms with E-state index in [0.717, 1.165) is 17.1 Å². The normalized spacial score (nSPS) is 10.6. The Kier molecular flexibility index (Phi) is 2.72. The van der Waals surface area contributed by atoms with Crippen LogP contribution in [-0.4, -0.2) is 15.0 Å². The van der Waals surface area contributed by atoms with Crippen LogP contribution in [0.2, 0.25) is 0 Å². The van der Waals surface area contributed by atoms with Crippen LogP contribution in [0.25, 0.3) is 11.4 Å². The maximum Gasteiger partial charge on any atom is 0.110 e. The van der Waals surface area contributed by atoms with Crippen molar-refractivity contribution < 1.29 is 0 Å². The van der Waals surface area contributed by atoms with E-state index in [1.54, 1.807) is 18.6 Å². The van der Waals surface area contributed by atoms with E-state index in [9.17, 15) is 0 Å². The van der Waals surface area contributed by atoms with Gasteiger partial charge in [0.25, 0.3) is 0 Å². The van der Waals surface area contributed by atoms with Crippen LogP contribution in [0.1, 0.15) is 25.5 Å². The van der Waals surface area contributed by atoms with E-state index in [0.29, 0.717) is 5.92 Å². The Balaban J connectivity index is 2.53. The zero-order chi connectivity index (χ0) is 10.7. The summed E-state index contributed by atoms with van der Waals surface area (Å²) >= 11 is 0. The van der Waals surface area contributed by atoms with Gasteiger partial charge in [0.1, 0.15) is 5.69 Å². The van der Waals surface area contributed by atoms with Gasteiger partial charge in [-0.05, 0) is 18.1 Å². The number of hydrogen-bond donors (Lipinski definition) is 0. The molecular weight excluding hydrogens is 186 g/mol. The third-order valence-electron chi connectivity index (χ3n) is 2.18. The minimum atomic E-state index is 0.357. The SMILES string of the molecule is CC(C)c1nccnc1-c1ccccn1. The number of pyridine rings is 1. The molecule has 0 bridgehead atoms. The van der Waals surface area contributed by atoms with Gasteiger partial charge in [-0.2, -0.15) is 0 Å². The quantitative estimate of drug-likeness (QED) is 0.746. The minimum absolute atomic E-state index is 0.357. The molecule has 2 aromatic rings. The first-order valence-electron chi connectivity index (χ1n) is 5.01. The van der Waals surface area contributed by atoms with Crippen molar-refractivity contribution in [1.82, 2.24) is 15.0 Å². The first-order chi connectivity index (χ1) is 7.29. The molecule has 15 heavy (non-hydrogen) atoms. The predicted molar refractivity (Wildman–Crippen MR) is 59.4 cm³/mol. The molecule has 0 spiro atoms. The van der Waals surface area contributed by atoms with Crippen molar-refractivity contribution in [2.45, 2.75) is 19.8 Å². The van der Waals surface area contributed by atoms with Crippen molar-refractivity contribution in [1.29, 1.82) is 0 Å². The van der Waals surface area contributed by atoms with E-state index in [-0.39, 0.29) is 0 Å². The molecule has 0 saturated carbocycles. The van der Waals surface area contributed by atoms with Gasteiger partial charge in [0, 0.05) is 18.6 Å². The molecule has 2 heterocycles. The van der Waals surface area contributed by atoms with E-state index >= 15 is 0 Å². The van der Waals surface area contributed by atoms with Gasteiger partial charge in [-0.3, -0.25) is 15.0 Å². The smallest absolute Gasteiger partial charge is 0.110 e. The average Bonchev–Trinajstić information content (AvgIpc) is 2.30. The molecule has 0 fully saturated rings. The molecule has 2 aromatic heterocycles. The van der Waals surface area contributed by atoms with Crippen molar-refractivity contribution in [2.75, 3.05) is 0 Å². The van der Waals surface area contributed by atoms with Gasteiger partial charge in [-0.25, -0.2) is 0 Å². The molecule has 0 aromatic carbocycles. The largest absolute Gasteiger partial charge is 0.257 e. The van der Waals surface area contributed by atoms with Gasteiger partial charge in [0.05, 0.1) is 11.4 Å². The zero-order valence-electron chi connectivity index (χ0n) is 8.88. The van der Waals surface area contributed by atoms with Gasteiger partial charge in [-0.15, -0.1) is 0 Å². The Hall–Kier alpha value is -1.77. The van der Waals surface area contributed by atoms with Crippen LogP contribution in [-0.2, 0) is 0 Å². The van der Waals surface area contributed by atoms with Crippen LogP contribution in [0.3, 0.4) is 0 Å². The number of hydrogen-bond acceptors (Lipinski definition) is 3. The number of rotatable bonds is 2. The van der Waals surface area contributed by atoms with Crippen molar-refractivity contribution in [3.63, 3.8) is 0 Å². The summed E-state index contributed by atoms with van der Waals surface area (Å²) in [5.41, 5.74) is 2.76. The molecule has 3 nitrogen and oxygen atoms in total.